The zero-order chi connectivity index (χ0) is 13.8. The Bertz CT molecular complexity index is 498. The number of anilines is 1. The summed E-state index contributed by atoms with van der Waals surface area (Å²) in [6.45, 7) is 8.77. The molecule has 0 saturated carbocycles. The van der Waals surface area contributed by atoms with Gasteiger partial charge in [-0.05, 0) is 38.9 Å². The van der Waals surface area contributed by atoms with E-state index in [0.29, 0.717) is 12.2 Å². The molecule has 1 atom stereocenters. The van der Waals surface area contributed by atoms with E-state index in [9.17, 15) is 8.42 Å². The molecule has 0 aliphatic heterocycles. The molecule has 1 unspecified atom stereocenters. The fourth-order valence-electron chi connectivity index (χ4n) is 1.64. The third kappa shape index (κ3) is 3.99. The summed E-state index contributed by atoms with van der Waals surface area (Å²) in [7, 11) is -3.33. The van der Waals surface area contributed by atoms with E-state index in [2.05, 4.69) is 10.0 Å². The Morgan fingerprint density at radius 2 is 1.94 bits per heavy atom. The van der Waals surface area contributed by atoms with Crippen LogP contribution in [0, 0.1) is 13.8 Å². The lowest BCUT2D eigenvalue weighted by Crippen LogP contribution is -2.34. The van der Waals surface area contributed by atoms with Crippen molar-refractivity contribution in [3.05, 3.63) is 29.3 Å². The molecule has 0 radical (unpaired) electrons. The molecule has 5 heteroatoms. The van der Waals surface area contributed by atoms with Crippen molar-refractivity contribution in [3.8, 4) is 0 Å². The lowest BCUT2D eigenvalue weighted by atomic mass is 10.1. The van der Waals surface area contributed by atoms with Crippen LogP contribution in [0.2, 0.25) is 0 Å². The van der Waals surface area contributed by atoms with Gasteiger partial charge in [-0.25, -0.2) is 8.42 Å². The third-order valence-electron chi connectivity index (χ3n) is 2.85. The lowest BCUT2D eigenvalue weighted by Gasteiger charge is -2.16. The van der Waals surface area contributed by atoms with Crippen LogP contribution in [0.4, 0.5) is 5.69 Å². The van der Waals surface area contributed by atoms with E-state index in [4.69, 9.17) is 0 Å². The van der Waals surface area contributed by atoms with E-state index in [1.807, 2.05) is 39.0 Å². The average molecular weight is 270 g/mol. The van der Waals surface area contributed by atoms with Gasteiger partial charge in [-0.1, -0.05) is 24.6 Å². The van der Waals surface area contributed by atoms with Crippen LogP contribution >= 0.6 is 0 Å². The second-order valence-corrected chi connectivity index (χ2v) is 6.68. The second kappa shape index (κ2) is 6.20. The predicted octanol–water partition coefficient (Wildman–Crippen LogP) is 2.04. The second-order valence-electron chi connectivity index (χ2n) is 4.58. The molecule has 102 valence electrons. The van der Waals surface area contributed by atoms with E-state index in [1.54, 1.807) is 6.92 Å². The zero-order valence-electron chi connectivity index (χ0n) is 11.4. The Labute approximate surface area is 110 Å². The summed E-state index contributed by atoms with van der Waals surface area (Å²) in [5.74, 6) is 0. The van der Waals surface area contributed by atoms with Crippen LogP contribution in [0.15, 0.2) is 18.2 Å². The van der Waals surface area contributed by atoms with Gasteiger partial charge in [-0.15, -0.1) is 0 Å². The molecule has 18 heavy (non-hydrogen) atoms. The monoisotopic (exact) mass is 270 g/mol. The van der Waals surface area contributed by atoms with Gasteiger partial charge in [-0.3, -0.25) is 4.72 Å². The molecule has 4 nitrogen and oxygen atoms in total. The van der Waals surface area contributed by atoms with Gasteiger partial charge in [-0.2, -0.15) is 0 Å². The van der Waals surface area contributed by atoms with Crippen molar-refractivity contribution in [2.75, 3.05) is 17.8 Å². The van der Waals surface area contributed by atoms with Crippen molar-refractivity contribution in [2.24, 2.45) is 0 Å². The van der Waals surface area contributed by atoms with E-state index < -0.39 is 15.3 Å². The first kappa shape index (κ1) is 15.0. The fourth-order valence-corrected chi connectivity index (χ4v) is 2.71. The summed E-state index contributed by atoms with van der Waals surface area (Å²) in [5, 5.41) is 2.58. The minimum Gasteiger partial charge on any atom is -0.316 e. The highest BCUT2D eigenvalue weighted by Gasteiger charge is 2.20. The van der Waals surface area contributed by atoms with Crippen molar-refractivity contribution >= 4 is 15.7 Å². The number of benzene rings is 1. The largest absolute Gasteiger partial charge is 0.316 e. The number of nitrogens with one attached hydrogen (secondary N) is 2. The Hall–Kier alpha value is -1.07. The smallest absolute Gasteiger partial charge is 0.236 e. The fraction of sp³-hybridized carbons (Fsp3) is 0.538. The maximum Gasteiger partial charge on any atom is 0.236 e. The van der Waals surface area contributed by atoms with Crippen LogP contribution in [-0.4, -0.2) is 26.8 Å². The predicted molar refractivity (Wildman–Crippen MR) is 76.5 cm³/mol. The Morgan fingerprint density at radius 1 is 1.28 bits per heavy atom. The molecule has 0 amide bonds. The van der Waals surface area contributed by atoms with E-state index in [1.165, 1.54) is 0 Å². The topological polar surface area (TPSA) is 58.2 Å². The third-order valence-corrected chi connectivity index (χ3v) is 4.58. The van der Waals surface area contributed by atoms with Crippen molar-refractivity contribution in [3.63, 3.8) is 0 Å². The first-order valence-electron chi connectivity index (χ1n) is 6.16. The number of rotatable bonds is 6. The minimum atomic E-state index is -3.33. The highest BCUT2D eigenvalue weighted by atomic mass is 32.2. The molecule has 0 heterocycles. The number of hydrogen-bond acceptors (Lipinski definition) is 3. The van der Waals surface area contributed by atoms with Crippen LogP contribution < -0.4 is 10.0 Å². The van der Waals surface area contributed by atoms with Gasteiger partial charge in [0.05, 0.1) is 10.9 Å². The van der Waals surface area contributed by atoms with Crippen LogP contribution in [0.3, 0.4) is 0 Å². The Kier molecular flexibility index (Phi) is 5.16. The molecule has 0 fully saturated rings. The minimum absolute atomic E-state index is 0.455. The highest BCUT2D eigenvalue weighted by Crippen LogP contribution is 2.18. The summed E-state index contributed by atoms with van der Waals surface area (Å²) in [6, 6.07) is 5.68. The summed E-state index contributed by atoms with van der Waals surface area (Å²) in [5.41, 5.74) is 2.72. The van der Waals surface area contributed by atoms with Crippen molar-refractivity contribution in [2.45, 2.75) is 32.9 Å². The molecule has 1 aromatic rings. The zero-order valence-corrected chi connectivity index (χ0v) is 12.3. The van der Waals surface area contributed by atoms with Crippen LogP contribution in [-0.2, 0) is 10.0 Å². The molecule has 0 aliphatic rings. The van der Waals surface area contributed by atoms with Crippen molar-refractivity contribution in [1.82, 2.24) is 5.32 Å². The van der Waals surface area contributed by atoms with Gasteiger partial charge in [0.1, 0.15) is 0 Å². The maximum atomic E-state index is 12.1. The van der Waals surface area contributed by atoms with Gasteiger partial charge < -0.3 is 5.32 Å². The summed E-state index contributed by atoms with van der Waals surface area (Å²) < 4.78 is 26.8. The van der Waals surface area contributed by atoms with E-state index >= 15 is 0 Å². The molecule has 0 aromatic heterocycles. The van der Waals surface area contributed by atoms with Gasteiger partial charge in [0, 0.05) is 6.54 Å². The molecule has 0 aliphatic carbocycles. The maximum absolute atomic E-state index is 12.1. The molecule has 0 saturated heterocycles. The van der Waals surface area contributed by atoms with Crippen molar-refractivity contribution in [1.29, 1.82) is 0 Å². The summed E-state index contributed by atoms with van der Waals surface area (Å²) >= 11 is 0. The van der Waals surface area contributed by atoms with E-state index in [0.717, 1.165) is 17.7 Å². The van der Waals surface area contributed by atoms with Crippen LogP contribution in [0.5, 0.6) is 0 Å². The Balaban J connectivity index is 2.82. The van der Waals surface area contributed by atoms with Crippen LogP contribution in [0.1, 0.15) is 25.0 Å². The molecule has 0 bridgehead atoms. The molecular formula is C13H22N2O2S. The summed E-state index contributed by atoms with van der Waals surface area (Å²) in [4.78, 5) is 0. The molecule has 1 aromatic carbocycles. The van der Waals surface area contributed by atoms with Gasteiger partial charge in [0.2, 0.25) is 10.0 Å². The Morgan fingerprint density at radius 3 is 2.50 bits per heavy atom. The first-order chi connectivity index (χ1) is 8.36. The average Bonchev–Trinajstić information content (AvgIpc) is 2.29. The lowest BCUT2D eigenvalue weighted by molar-refractivity contribution is 0.579. The molecule has 1 rings (SSSR count). The van der Waals surface area contributed by atoms with Gasteiger partial charge in [0.15, 0.2) is 0 Å². The standard InChI is InChI=1S/C13H22N2O2S/c1-5-14-9-12(4)18(16,17)15-13-7-6-10(2)8-11(13)3/h6-8,12,14-15H,5,9H2,1-4H3. The quantitative estimate of drug-likeness (QED) is 0.831. The van der Waals surface area contributed by atoms with E-state index in [-0.39, 0.29) is 0 Å². The number of sulfonamides is 1. The normalized spacial score (nSPS) is 13.3. The molecule has 0 spiro atoms. The molecular weight excluding hydrogens is 248 g/mol. The van der Waals surface area contributed by atoms with Gasteiger partial charge in [0.25, 0.3) is 0 Å². The van der Waals surface area contributed by atoms with Gasteiger partial charge >= 0.3 is 0 Å². The first-order valence-corrected chi connectivity index (χ1v) is 7.71. The number of aryl methyl sites for hydroxylation is 2. The van der Waals surface area contributed by atoms with Crippen molar-refractivity contribution < 1.29 is 8.42 Å². The SMILES string of the molecule is CCNCC(C)S(=O)(=O)Nc1ccc(C)cc1C. The van der Waals surface area contributed by atoms with Crippen LogP contribution in [0.25, 0.3) is 0 Å². The highest BCUT2D eigenvalue weighted by molar-refractivity contribution is 7.93. The summed E-state index contributed by atoms with van der Waals surface area (Å²) in [6.07, 6.45) is 0. The molecule has 2 N–H and O–H groups in total. The number of hydrogen-bond donors (Lipinski definition) is 2.